The summed E-state index contributed by atoms with van der Waals surface area (Å²) in [5, 5.41) is 11.9. The summed E-state index contributed by atoms with van der Waals surface area (Å²) in [6.07, 6.45) is 5.12. The molecule has 0 fully saturated rings. The largest absolute Gasteiger partial charge is 0.364 e. The number of nitriles is 1. The first kappa shape index (κ1) is 11.4. The van der Waals surface area contributed by atoms with Crippen LogP contribution >= 0.6 is 0 Å². The minimum atomic E-state index is 0.0445. The zero-order valence-electron chi connectivity index (χ0n) is 9.41. The van der Waals surface area contributed by atoms with Crippen LogP contribution in [0.5, 0.6) is 0 Å². The van der Waals surface area contributed by atoms with Crippen molar-refractivity contribution in [2.45, 2.75) is 39.2 Å². The maximum atomic E-state index is 8.58. The van der Waals surface area contributed by atoms with E-state index < -0.39 is 0 Å². The van der Waals surface area contributed by atoms with Crippen molar-refractivity contribution in [2.24, 2.45) is 0 Å². The van der Waals surface area contributed by atoms with Gasteiger partial charge in [-0.3, -0.25) is 0 Å². The molecule has 0 saturated heterocycles. The van der Waals surface area contributed by atoms with Gasteiger partial charge in [-0.05, 0) is 19.8 Å². The molecule has 0 bridgehead atoms. The van der Waals surface area contributed by atoms with E-state index >= 15 is 0 Å². The summed E-state index contributed by atoms with van der Waals surface area (Å²) in [7, 11) is 0. The lowest BCUT2D eigenvalue weighted by atomic mass is 9.96. The van der Waals surface area contributed by atoms with Crippen LogP contribution in [0.15, 0.2) is 12.4 Å². The van der Waals surface area contributed by atoms with E-state index in [2.05, 4.69) is 36.1 Å². The first-order valence-corrected chi connectivity index (χ1v) is 5.14. The average Bonchev–Trinajstić information content (AvgIpc) is 2.30. The molecule has 0 spiro atoms. The fourth-order valence-corrected chi connectivity index (χ4v) is 1.19. The highest BCUT2D eigenvalue weighted by Crippen LogP contribution is 2.19. The first-order chi connectivity index (χ1) is 7.13. The van der Waals surface area contributed by atoms with Crippen LogP contribution in [0.25, 0.3) is 0 Å². The molecule has 0 aromatic carbocycles. The fraction of sp³-hybridized carbons (Fsp3) is 0.545. The second kappa shape index (κ2) is 4.74. The molecule has 1 rings (SSSR count). The molecule has 4 heteroatoms. The highest BCUT2D eigenvalue weighted by molar-refractivity contribution is 5.36. The number of hydrogen-bond donors (Lipinski definition) is 1. The predicted molar refractivity (Wildman–Crippen MR) is 59.4 cm³/mol. The summed E-state index contributed by atoms with van der Waals surface area (Å²) in [4.78, 5) is 8.10. The van der Waals surface area contributed by atoms with E-state index in [1.165, 1.54) is 6.20 Å². The van der Waals surface area contributed by atoms with Crippen LogP contribution in [0.3, 0.4) is 0 Å². The third kappa shape index (κ3) is 2.91. The number of nitrogens with zero attached hydrogens (tertiary/aromatic N) is 3. The predicted octanol–water partition coefficient (Wildman–Crippen LogP) is 2.34. The molecule has 4 nitrogen and oxygen atoms in total. The van der Waals surface area contributed by atoms with E-state index in [0.29, 0.717) is 5.69 Å². The number of anilines is 1. The van der Waals surface area contributed by atoms with Gasteiger partial charge in [0.25, 0.3) is 0 Å². The Morgan fingerprint density at radius 3 is 2.40 bits per heavy atom. The van der Waals surface area contributed by atoms with Crippen LogP contribution < -0.4 is 5.32 Å². The standard InChI is InChI=1S/C11H16N4/c1-4-11(3,5-2)15-10-8-13-9(6-12)7-14-10/h7-8H,4-5H2,1-3H3,(H,14,15). The van der Waals surface area contributed by atoms with E-state index in [9.17, 15) is 0 Å². The van der Waals surface area contributed by atoms with Gasteiger partial charge < -0.3 is 5.32 Å². The zero-order valence-corrected chi connectivity index (χ0v) is 9.41. The Bertz CT molecular complexity index is 346. The molecule has 0 atom stereocenters. The maximum absolute atomic E-state index is 8.58. The molecule has 0 unspecified atom stereocenters. The van der Waals surface area contributed by atoms with Gasteiger partial charge >= 0.3 is 0 Å². The van der Waals surface area contributed by atoms with E-state index in [-0.39, 0.29) is 5.54 Å². The molecule has 1 aromatic heterocycles. The van der Waals surface area contributed by atoms with Crippen LogP contribution in [0.4, 0.5) is 5.82 Å². The van der Waals surface area contributed by atoms with Gasteiger partial charge in [0.05, 0.1) is 12.4 Å². The summed E-state index contributed by atoms with van der Waals surface area (Å²) in [5.41, 5.74) is 0.387. The van der Waals surface area contributed by atoms with Crippen LogP contribution in [-0.4, -0.2) is 15.5 Å². The molecule has 15 heavy (non-hydrogen) atoms. The van der Waals surface area contributed by atoms with Crippen molar-refractivity contribution in [3.63, 3.8) is 0 Å². The Balaban J connectivity index is 2.77. The van der Waals surface area contributed by atoms with E-state index in [1.807, 2.05) is 6.07 Å². The van der Waals surface area contributed by atoms with Crippen molar-refractivity contribution >= 4 is 5.82 Å². The molecule has 0 aliphatic heterocycles. The van der Waals surface area contributed by atoms with Gasteiger partial charge in [0, 0.05) is 5.54 Å². The molecular weight excluding hydrogens is 188 g/mol. The number of rotatable bonds is 4. The van der Waals surface area contributed by atoms with E-state index in [0.717, 1.165) is 18.7 Å². The lowest BCUT2D eigenvalue weighted by Gasteiger charge is -2.28. The van der Waals surface area contributed by atoms with Crippen molar-refractivity contribution in [3.8, 4) is 6.07 Å². The number of aromatic nitrogens is 2. The Hall–Kier alpha value is -1.63. The van der Waals surface area contributed by atoms with E-state index in [4.69, 9.17) is 5.26 Å². The number of hydrogen-bond acceptors (Lipinski definition) is 4. The van der Waals surface area contributed by atoms with Gasteiger partial charge in [-0.1, -0.05) is 13.8 Å². The van der Waals surface area contributed by atoms with Gasteiger partial charge in [-0.2, -0.15) is 5.26 Å². The minimum absolute atomic E-state index is 0.0445. The highest BCUT2D eigenvalue weighted by Gasteiger charge is 2.19. The molecule has 1 N–H and O–H groups in total. The Morgan fingerprint density at radius 1 is 1.33 bits per heavy atom. The Labute approximate surface area is 90.4 Å². The SMILES string of the molecule is CCC(C)(CC)Nc1cnc(C#N)cn1. The lowest BCUT2D eigenvalue weighted by molar-refractivity contribution is 0.476. The summed E-state index contributed by atoms with van der Waals surface area (Å²) >= 11 is 0. The molecule has 1 heterocycles. The maximum Gasteiger partial charge on any atom is 0.158 e. The van der Waals surface area contributed by atoms with Crippen molar-refractivity contribution in [1.82, 2.24) is 9.97 Å². The molecule has 0 saturated carbocycles. The quantitative estimate of drug-likeness (QED) is 0.817. The topological polar surface area (TPSA) is 61.6 Å². The second-order valence-electron chi connectivity index (χ2n) is 3.79. The van der Waals surface area contributed by atoms with Crippen molar-refractivity contribution in [1.29, 1.82) is 5.26 Å². The normalized spacial score (nSPS) is 10.8. The van der Waals surface area contributed by atoms with Crippen LogP contribution in [0.1, 0.15) is 39.3 Å². The average molecular weight is 204 g/mol. The van der Waals surface area contributed by atoms with Crippen molar-refractivity contribution in [3.05, 3.63) is 18.1 Å². The summed E-state index contributed by atoms with van der Waals surface area (Å²) in [6, 6.07) is 1.94. The van der Waals surface area contributed by atoms with Crippen molar-refractivity contribution in [2.75, 3.05) is 5.32 Å². The smallest absolute Gasteiger partial charge is 0.158 e. The summed E-state index contributed by atoms with van der Waals surface area (Å²) in [6.45, 7) is 6.41. The van der Waals surface area contributed by atoms with Gasteiger partial charge in [-0.15, -0.1) is 0 Å². The molecule has 0 aliphatic rings. The Kier molecular flexibility index (Phi) is 3.62. The summed E-state index contributed by atoms with van der Waals surface area (Å²) in [5.74, 6) is 0.722. The monoisotopic (exact) mass is 204 g/mol. The van der Waals surface area contributed by atoms with Gasteiger partial charge in [0.15, 0.2) is 5.69 Å². The summed E-state index contributed by atoms with van der Waals surface area (Å²) < 4.78 is 0. The second-order valence-corrected chi connectivity index (χ2v) is 3.79. The number of nitrogens with one attached hydrogen (secondary N) is 1. The minimum Gasteiger partial charge on any atom is -0.364 e. The first-order valence-electron chi connectivity index (χ1n) is 5.14. The molecular formula is C11H16N4. The van der Waals surface area contributed by atoms with E-state index in [1.54, 1.807) is 6.20 Å². The lowest BCUT2D eigenvalue weighted by Crippen LogP contribution is -2.33. The molecule has 80 valence electrons. The van der Waals surface area contributed by atoms with Gasteiger partial charge in [0.2, 0.25) is 0 Å². The third-order valence-electron chi connectivity index (χ3n) is 2.76. The van der Waals surface area contributed by atoms with Crippen molar-refractivity contribution < 1.29 is 0 Å². The highest BCUT2D eigenvalue weighted by atomic mass is 15.1. The fourth-order valence-electron chi connectivity index (χ4n) is 1.19. The molecule has 0 radical (unpaired) electrons. The van der Waals surface area contributed by atoms with Gasteiger partial charge in [0.1, 0.15) is 11.9 Å². The zero-order chi connectivity index (χ0) is 11.3. The van der Waals surface area contributed by atoms with Crippen LogP contribution in [-0.2, 0) is 0 Å². The molecule has 0 aliphatic carbocycles. The molecule has 1 aromatic rings. The van der Waals surface area contributed by atoms with Gasteiger partial charge in [-0.25, -0.2) is 9.97 Å². The Morgan fingerprint density at radius 2 is 2.00 bits per heavy atom. The van der Waals surface area contributed by atoms with Crippen LogP contribution in [0, 0.1) is 11.3 Å². The third-order valence-corrected chi connectivity index (χ3v) is 2.76. The van der Waals surface area contributed by atoms with Crippen LogP contribution in [0.2, 0.25) is 0 Å². The molecule has 0 amide bonds.